The van der Waals surface area contributed by atoms with Crippen LogP contribution in [0.15, 0.2) is 24.3 Å². The molecule has 1 aromatic carbocycles. The average Bonchev–Trinajstić information content (AvgIpc) is 2.72. The second-order valence-electron chi connectivity index (χ2n) is 3.66. The van der Waals surface area contributed by atoms with E-state index in [0.29, 0.717) is 11.7 Å². The summed E-state index contributed by atoms with van der Waals surface area (Å²) >= 11 is 0. The van der Waals surface area contributed by atoms with E-state index in [4.69, 9.17) is 10.00 Å². The largest absolute Gasteiger partial charge is 0.490 e. The number of ether oxygens (including phenoxy) is 1. The van der Waals surface area contributed by atoms with Gasteiger partial charge in [0.1, 0.15) is 5.75 Å². The topological polar surface area (TPSA) is 33.0 Å². The van der Waals surface area contributed by atoms with Gasteiger partial charge in [-0.2, -0.15) is 5.26 Å². The van der Waals surface area contributed by atoms with Crippen molar-refractivity contribution in [1.82, 2.24) is 0 Å². The maximum atomic E-state index is 8.62. The summed E-state index contributed by atoms with van der Waals surface area (Å²) in [6.07, 6.45) is 5.28. The van der Waals surface area contributed by atoms with Crippen molar-refractivity contribution in [2.75, 3.05) is 0 Å². The summed E-state index contributed by atoms with van der Waals surface area (Å²) in [5.74, 6) is 0.885. The molecule has 0 aromatic heterocycles. The highest BCUT2D eigenvalue weighted by Crippen LogP contribution is 2.23. The first-order valence-corrected chi connectivity index (χ1v) is 5.05. The molecule has 1 aromatic rings. The first-order valence-electron chi connectivity index (χ1n) is 5.05. The third-order valence-electron chi connectivity index (χ3n) is 2.59. The second kappa shape index (κ2) is 4.15. The van der Waals surface area contributed by atoms with E-state index in [-0.39, 0.29) is 0 Å². The Kier molecular flexibility index (Phi) is 2.69. The zero-order chi connectivity index (χ0) is 9.80. The number of nitriles is 1. The van der Waals surface area contributed by atoms with Crippen molar-refractivity contribution in [2.45, 2.75) is 31.8 Å². The highest BCUT2D eigenvalue weighted by Gasteiger charge is 2.15. The van der Waals surface area contributed by atoms with Crippen LogP contribution in [-0.4, -0.2) is 6.10 Å². The molecule has 14 heavy (non-hydrogen) atoms. The molecule has 1 aliphatic carbocycles. The minimum Gasteiger partial charge on any atom is -0.490 e. The molecule has 1 aliphatic rings. The molecule has 0 unspecified atom stereocenters. The molecule has 0 saturated heterocycles. The Hall–Kier alpha value is -1.49. The van der Waals surface area contributed by atoms with Crippen LogP contribution in [0, 0.1) is 11.3 Å². The van der Waals surface area contributed by atoms with Crippen molar-refractivity contribution in [3.63, 3.8) is 0 Å². The maximum absolute atomic E-state index is 8.62. The van der Waals surface area contributed by atoms with Gasteiger partial charge in [-0.1, -0.05) is 0 Å². The van der Waals surface area contributed by atoms with Crippen molar-refractivity contribution in [1.29, 1.82) is 5.26 Å². The first-order chi connectivity index (χ1) is 6.88. The fourth-order valence-corrected chi connectivity index (χ4v) is 1.81. The van der Waals surface area contributed by atoms with Crippen LogP contribution in [0.2, 0.25) is 0 Å². The number of rotatable bonds is 2. The molecule has 72 valence electrons. The van der Waals surface area contributed by atoms with E-state index >= 15 is 0 Å². The van der Waals surface area contributed by atoms with Gasteiger partial charge in [-0.15, -0.1) is 0 Å². The standard InChI is InChI=1S/C12H13NO/c13-9-10-5-7-12(8-6-10)14-11-3-1-2-4-11/h5-8,11H,1-4H2. The van der Waals surface area contributed by atoms with E-state index in [1.165, 1.54) is 25.7 Å². The molecular formula is C12H13NO. The highest BCUT2D eigenvalue weighted by atomic mass is 16.5. The summed E-state index contributed by atoms with van der Waals surface area (Å²) in [5, 5.41) is 8.62. The first kappa shape index (κ1) is 9.08. The van der Waals surface area contributed by atoms with E-state index in [1.807, 2.05) is 12.1 Å². The lowest BCUT2D eigenvalue weighted by atomic mass is 10.2. The van der Waals surface area contributed by atoms with Crippen molar-refractivity contribution in [3.05, 3.63) is 29.8 Å². The summed E-state index contributed by atoms with van der Waals surface area (Å²) in [6.45, 7) is 0. The Bertz CT molecular complexity index is 330. The molecule has 2 heteroatoms. The molecule has 0 spiro atoms. The third-order valence-corrected chi connectivity index (χ3v) is 2.59. The Morgan fingerprint density at radius 3 is 2.36 bits per heavy atom. The Morgan fingerprint density at radius 1 is 1.14 bits per heavy atom. The van der Waals surface area contributed by atoms with Crippen LogP contribution in [0.3, 0.4) is 0 Å². The van der Waals surface area contributed by atoms with Gasteiger partial charge in [0.25, 0.3) is 0 Å². The third kappa shape index (κ3) is 2.05. The van der Waals surface area contributed by atoms with Gasteiger partial charge in [0.15, 0.2) is 0 Å². The lowest BCUT2D eigenvalue weighted by Gasteiger charge is -2.12. The predicted molar refractivity (Wildman–Crippen MR) is 54.0 cm³/mol. The van der Waals surface area contributed by atoms with Gasteiger partial charge >= 0.3 is 0 Å². The summed E-state index contributed by atoms with van der Waals surface area (Å²) in [5.41, 5.74) is 0.684. The molecule has 1 saturated carbocycles. The van der Waals surface area contributed by atoms with Gasteiger partial charge in [0.05, 0.1) is 17.7 Å². The van der Waals surface area contributed by atoms with Crippen molar-refractivity contribution in [3.8, 4) is 11.8 Å². The fourth-order valence-electron chi connectivity index (χ4n) is 1.81. The van der Waals surface area contributed by atoms with Gasteiger partial charge in [0, 0.05) is 0 Å². The van der Waals surface area contributed by atoms with Gasteiger partial charge in [-0.25, -0.2) is 0 Å². The molecule has 0 aliphatic heterocycles. The molecule has 0 amide bonds. The Morgan fingerprint density at radius 2 is 1.79 bits per heavy atom. The summed E-state index contributed by atoms with van der Waals surface area (Å²) in [4.78, 5) is 0. The Balaban J connectivity index is 1.99. The van der Waals surface area contributed by atoms with Gasteiger partial charge in [-0.05, 0) is 49.9 Å². The SMILES string of the molecule is N#Cc1ccc(OC2CCCC2)cc1. The maximum Gasteiger partial charge on any atom is 0.119 e. The van der Waals surface area contributed by atoms with Crippen LogP contribution < -0.4 is 4.74 Å². The fraction of sp³-hybridized carbons (Fsp3) is 0.417. The molecule has 0 atom stereocenters. The molecule has 1 fully saturated rings. The smallest absolute Gasteiger partial charge is 0.119 e. The second-order valence-corrected chi connectivity index (χ2v) is 3.66. The molecule has 0 radical (unpaired) electrons. The number of hydrogen-bond donors (Lipinski definition) is 0. The minimum absolute atomic E-state index is 0.392. The van der Waals surface area contributed by atoms with Crippen LogP contribution in [0.4, 0.5) is 0 Å². The summed E-state index contributed by atoms with van der Waals surface area (Å²) < 4.78 is 5.77. The monoisotopic (exact) mass is 187 g/mol. The van der Waals surface area contributed by atoms with E-state index in [1.54, 1.807) is 12.1 Å². The quantitative estimate of drug-likeness (QED) is 0.713. The highest BCUT2D eigenvalue weighted by molar-refractivity contribution is 5.34. The van der Waals surface area contributed by atoms with Crippen molar-refractivity contribution >= 4 is 0 Å². The molecule has 0 bridgehead atoms. The van der Waals surface area contributed by atoms with E-state index in [2.05, 4.69) is 6.07 Å². The predicted octanol–water partition coefficient (Wildman–Crippen LogP) is 2.88. The van der Waals surface area contributed by atoms with Crippen molar-refractivity contribution in [2.24, 2.45) is 0 Å². The van der Waals surface area contributed by atoms with E-state index in [0.717, 1.165) is 5.75 Å². The van der Waals surface area contributed by atoms with Crippen LogP contribution in [0.1, 0.15) is 31.2 Å². The molecule has 2 nitrogen and oxygen atoms in total. The van der Waals surface area contributed by atoms with E-state index < -0.39 is 0 Å². The Labute approximate surface area is 84.1 Å². The summed E-state index contributed by atoms with van der Waals surface area (Å²) in [6, 6.07) is 9.43. The van der Waals surface area contributed by atoms with Gasteiger partial charge in [0.2, 0.25) is 0 Å². The van der Waals surface area contributed by atoms with Crippen LogP contribution in [0.5, 0.6) is 5.75 Å². The molecular weight excluding hydrogens is 174 g/mol. The van der Waals surface area contributed by atoms with Gasteiger partial charge < -0.3 is 4.74 Å². The van der Waals surface area contributed by atoms with Crippen LogP contribution in [-0.2, 0) is 0 Å². The minimum atomic E-state index is 0.392. The lowest BCUT2D eigenvalue weighted by molar-refractivity contribution is 0.210. The number of hydrogen-bond acceptors (Lipinski definition) is 2. The molecule has 0 N–H and O–H groups in total. The lowest BCUT2D eigenvalue weighted by Crippen LogP contribution is -2.10. The molecule has 0 heterocycles. The average molecular weight is 187 g/mol. The zero-order valence-electron chi connectivity index (χ0n) is 8.07. The zero-order valence-corrected chi connectivity index (χ0v) is 8.07. The van der Waals surface area contributed by atoms with Crippen LogP contribution in [0.25, 0.3) is 0 Å². The van der Waals surface area contributed by atoms with E-state index in [9.17, 15) is 0 Å². The van der Waals surface area contributed by atoms with Crippen molar-refractivity contribution < 1.29 is 4.74 Å². The molecule has 2 rings (SSSR count). The normalized spacial score (nSPS) is 16.5. The number of benzene rings is 1. The summed E-state index contributed by atoms with van der Waals surface area (Å²) in [7, 11) is 0. The van der Waals surface area contributed by atoms with Gasteiger partial charge in [-0.3, -0.25) is 0 Å². The van der Waals surface area contributed by atoms with Crippen LogP contribution >= 0.6 is 0 Å². The number of nitrogens with zero attached hydrogens (tertiary/aromatic N) is 1.